The van der Waals surface area contributed by atoms with Gasteiger partial charge in [-0.05, 0) is 33.7 Å². The third-order valence-electron chi connectivity index (χ3n) is 2.77. The molecule has 2 N–H and O–H groups in total. The maximum atomic E-state index is 5.64. The molecule has 1 heterocycles. The molecule has 1 rings (SSSR count). The first-order chi connectivity index (χ1) is 7.15. The van der Waals surface area contributed by atoms with Crippen LogP contribution in [0.3, 0.4) is 0 Å². The van der Waals surface area contributed by atoms with Gasteiger partial charge in [0, 0.05) is 25.7 Å². The fourth-order valence-corrected chi connectivity index (χ4v) is 2.05. The Balaban J connectivity index is 3.12. The Kier molecular flexibility index (Phi) is 4.15. The van der Waals surface area contributed by atoms with Gasteiger partial charge in [-0.2, -0.15) is 5.10 Å². The standard InChI is InChI=1S/C11H22N4/c1-5-15(6-2)11-10(7-8-12)9(3)13-14(11)4/h5-8,12H2,1-4H3. The monoisotopic (exact) mass is 210 g/mol. The second-order valence-corrected chi connectivity index (χ2v) is 3.72. The van der Waals surface area contributed by atoms with E-state index in [0.717, 1.165) is 25.2 Å². The second-order valence-electron chi connectivity index (χ2n) is 3.72. The molecule has 0 fully saturated rings. The van der Waals surface area contributed by atoms with Gasteiger partial charge in [0.1, 0.15) is 5.82 Å². The summed E-state index contributed by atoms with van der Waals surface area (Å²) in [6.07, 6.45) is 0.908. The lowest BCUT2D eigenvalue weighted by Gasteiger charge is -2.22. The van der Waals surface area contributed by atoms with E-state index in [9.17, 15) is 0 Å². The molecule has 0 radical (unpaired) electrons. The zero-order chi connectivity index (χ0) is 11.4. The van der Waals surface area contributed by atoms with Crippen molar-refractivity contribution in [3.05, 3.63) is 11.3 Å². The lowest BCUT2D eigenvalue weighted by molar-refractivity contribution is 0.714. The van der Waals surface area contributed by atoms with Gasteiger partial charge in [-0.15, -0.1) is 0 Å². The molecule has 0 atom stereocenters. The van der Waals surface area contributed by atoms with E-state index in [4.69, 9.17) is 5.73 Å². The van der Waals surface area contributed by atoms with E-state index in [-0.39, 0.29) is 0 Å². The SMILES string of the molecule is CCN(CC)c1c(CCN)c(C)nn1C. The Bertz CT molecular complexity index is 313. The molecular weight excluding hydrogens is 188 g/mol. The highest BCUT2D eigenvalue weighted by atomic mass is 15.4. The molecule has 0 aliphatic heterocycles. The molecule has 1 aromatic heterocycles. The van der Waals surface area contributed by atoms with E-state index >= 15 is 0 Å². The summed E-state index contributed by atoms with van der Waals surface area (Å²) in [5.74, 6) is 1.22. The van der Waals surface area contributed by atoms with Crippen LogP contribution in [0.15, 0.2) is 0 Å². The number of anilines is 1. The van der Waals surface area contributed by atoms with Gasteiger partial charge in [-0.3, -0.25) is 4.68 Å². The van der Waals surface area contributed by atoms with Crippen LogP contribution in [0, 0.1) is 6.92 Å². The normalized spacial score (nSPS) is 10.7. The Morgan fingerprint density at radius 1 is 1.33 bits per heavy atom. The Morgan fingerprint density at radius 3 is 2.40 bits per heavy atom. The maximum absolute atomic E-state index is 5.64. The summed E-state index contributed by atoms with van der Waals surface area (Å²) in [6, 6.07) is 0. The number of nitrogens with zero attached hydrogens (tertiary/aromatic N) is 3. The van der Waals surface area contributed by atoms with Gasteiger partial charge in [0.05, 0.1) is 5.69 Å². The third-order valence-corrected chi connectivity index (χ3v) is 2.77. The van der Waals surface area contributed by atoms with Gasteiger partial charge in [0.2, 0.25) is 0 Å². The minimum absolute atomic E-state index is 0.681. The van der Waals surface area contributed by atoms with Crippen LogP contribution in [-0.2, 0) is 13.5 Å². The van der Waals surface area contributed by atoms with Crippen molar-refractivity contribution in [3.63, 3.8) is 0 Å². The number of nitrogens with two attached hydrogens (primary N) is 1. The molecule has 0 aromatic carbocycles. The molecule has 0 bridgehead atoms. The summed E-state index contributed by atoms with van der Waals surface area (Å²) >= 11 is 0. The summed E-state index contributed by atoms with van der Waals surface area (Å²) in [5.41, 5.74) is 8.03. The minimum Gasteiger partial charge on any atom is -0.357 e. The minimum atomic E-state index is 0.681. The molecule has 0 spiro atoms. The van der Waals surface area contributed by atoms with Gasteiger partial charge < -0.3 is 10.6 Å². The summed E-state index contributed by atoms with van der Waals surface area (Å²) in [4.78, 5) is 2.32. The van der Waals surface area contributed by atoms with Crippen molar-refractivity contribution in [2.24, 2.45) is 12.8 Å². The predicted octanol–water partition coefficient (Wildman–Crippen LogP) is 1.08. The number of aryl methyl sites for hydroxylation is 2. The number of hydrogen-bond donors (Lipinski definition) is 1. The summed E-state index contributed by atoms with van der Waals surface area (Å²) in [6.45, 7) is 9.08. The molecule has 0 saturated heterocycles. The zero-order valence-corrected chi connectivity index (χ0v) is 10.2. The highest BCUT2D eigenvalue weighted by Crippen LogP contribution is 2.23. The fraction of sp³-hybridized carbons (Fsp3) is 0.727. The Morgan fingerprint density at radius 2 is 1.93 bits per heavy atom. The quantitative estimate of drug-likeness (QED) is 0.791. The van der Waals surface area contributed by atoms with Crippen molar-refractivity contribution < 1.29 is 0 Å². The van der Waals surface area contributed by atoms with Gasteiger partial charge in [-0.25, -0.2) is 0 Å². The van der Waals surface area contributed by atoms with E-state index < -0.39 is 0 Å². The van der Waals surface area contributed by atoms with Crippen molar-refractivity contribution in [2.45, 2.75) is 27.2 Å². The molecule has 4 heteroatoms. The average Bonchev–Trinajstić information content (AvgIpc) is 2.47. The van der Waals surface area contributed by atoms with Crippen molar-refractivity contribution in [3.8, 4) is 0 Å². The number of hydrogen-bond acceptors (Lipinski definition) is 3. The summed E-state index contributed by atoms with van der Waals surface area (Å²) < 4.78 is 1.97. The molecular formula is C11H22N4. The maximum Gasteiger partial charge on any atom is 0.130 e. The first kappa shape index (κ1) is 12.0. The van der Waals surface area contributed by atoms with E-state index in [2.05, 4.69) is 30.8 Å². The van der Waals surface area contributed by atoms with Crippen LogP contribution in [0.1, 0.15) is 25.1 Å². The molecule has 1 aromatic rings. The van der Waals surface area contributed by atoms with Crippen molar-refractivity contribution >= 4 is 5.82 Å². The van der Waals surface area contributed by atoms with Crippen LogP contribution in [0.4, 0.5) is 5.82 Å². The van der Waals surface area contributed by atoms with Gasteiger partial charge >= 0.3 is 0 Å². The van der Waals surface area contributed by atoms with E-state index in [1.54, 1.807) is 0 Å². The van der Waals surface area contributed by atoms with Crippen LogP contribution in [-0.4, -0.2) is 29.4 Å². The first-order valence-corrected chi connectivity index (χ1v) is 5.63. The van der Waals surface area contributed by atoms with Crippen LogP contribution >= 0.6 is 0 Å². The van der Waals surface area contributed by atoms with Crippen LogP contribution in [0.5, 0.6) is 0 Å². The molecule has 0 saturated carbocycles. The average molecular weight is 210 g/mol. The predicted molar refractivity (Wildman–Crippen MR) is 64.3 cm³/mol. The highest BCUT2D eigenvalue weighted by Gasteiger charge is 2.16. The van der Waals surface area contributed by atoms with Crippen molar-refractivity contribution in [1.82, 2.24) is 9.78 Å². The first-order valence-electron chi connectivity index (χ1n) is 5.63. The second kappa shape index (κ2) is 5.16. The lowest BCUT2D eigenvalue weighted by atomic mass is 10.1. The van der Waals surface area contributed by atoms with E-state index in [1.807, 2.05) is 11.7 Å². The van der Waals surface area contributed by atoms with E-state index in [1.165, 1.54) is 11.4 Å². The zero-order valence-electron chi connectivity index (χ0n) is 10.2. The molecule has 0 unspecified atom stereocenters. The van der Waals surface area contributed by atoms with Crippen molar-refractivity contribution in [2.75, 3.05) is 24.5 Å². The lowest BCUT2D eigenvalue weighted by Crippen LogP contribution is -2.25. The van der Waals surface area contributed by atoms with E-state index in [0.29, 0.717) is 6.54 Å². The Hall–Kier alpha value is -1.03. The summed E-state index contributed by atoms with van der Waals surface area (Å²) in [7, 11) is 2.00. The Labute approximate surface area is 92.1 Å². The topological polar surface area (TPSA) is 47.1 Å². The van der Waals surface area contributed by atoms with Gasteiger partial charge in [0.15, 0.2) is 0 Å². The molecule has 86 valence electrons. The summed E-state index contributed by atoms with van der Waals surface area (Å²) in [5, 5.41) is 4.47. The fourth-order valence-electron chi connectivity index (χ4n) is 2.05. The highest BCUT2D eigenvalue weighted by molar-refractivity contribution is 5.50. The van der Waals surface area contributed by atoms with Crippen LogP contribution in [0.2, 0.25) is 0 Å². The van der Waals surface area contributed by atoms with Crippen LogP contribution in [0.25, 0.3) is 0 Å². The molecule has 0 aliphatic carbocycles. The van der Waals surface area contributed by atoms with Gasteiger partial charge in [-0.1, -0.05) is 0 Å². The third kappa shape index (κ3) is 2.31. The number of rotatable bonds is 5. The molecule has 4 nitrogen and oxygen atoms in total. The van der Waals surface area contributed by atoms with Crippen molar-refractivity contribution in [1.29, 1.82) is 0 Å². The molecule has 0 aliphatic rings. The van der Waals surface area contributed by atoms with Gasteiger partial charge in [0.25, 0.3) is 0 Å². The molecule has 15 heavy (non-hydrogen) atoms. The van der Waals surface area contributed by atoms with Crippen LogP contribution < -0.4 is 10.6 Å². The molecule has 0 amide bonds. The number of aromatic nitrogens is 2. The smallest absolute Gasteiger partial charge is 0.130 e. The largest absolute Gasteiger partial charge is 0.357 e.